The monoisotopic (exact) mass is 310 g/mol. The predicted molar refractivity (Wildman–Crippen MR) is 83.2 cm³/mol. The van der Waals surface area contributed by atoms with Gasteiger partial charge in [-0.15, -0.1) is 0 Å². The highest BCUT2D eigenvalue weighted by molar-refractivity contribution is 7.89. The van der Waals surface area contributed by atoms with Crippen LogP contribution in [0.25, 0.3) is 0 Å². The van der Waals surface area contributed by atoms with Crippen LogP contribution in [0.1, 0.15) is 24.5 Å². The first kappa shape index (κ1) is 17.7. The molecular formula is C15H22N2O3S. The Kier molecular flexibility index (Phi) is 6.85. The Hall–Kier alpha value is -1.39. The van der Waals surface area contributed by atoms with Crippen LogP contribution in [-0.4, -0.2) is 44.1 Å². The fourth-order valence-corrected chi connectivity index (χ4v) is 3.62. The van der Waals surface area contributed by atoms with E-state index in [4.69, 9.17) is 10.8 Å². The zero-order chi connectivity index (χ0) is 15.9. The van der Waals surface area contributed by atoms with Crippen molar-refractivity contribution >= 4 is 10.0 Å². The molecule has 0 saturated carbocycles. The minimum Gasteiger partial charge on any atom is -0.395 e. The van der Waals surface area contributed by atoms with Crippen LogP contribution >= 0.6 is 0 Å². The van der Waals surface area contributed by atoms with Gasteiger partial charge < -0.3 is 10.8 Å². The number of nitrogens with two attached hydrogens (primary N) is 1. The molecule has 5 nitrogen and oxygen atoms in total. The van der Waals surface area contributed by atoms with Crippen molar-refractivity contribution in [1.82, 2.24) is 4.31 Å². The molecule has 0 heterocycles. The molecule has 0 aliphatic heterocycles. The number of rotatable bonds is 6. The second-order valence-corrected chi connectivity index (χ2v) is 6.54. The number of aliphatic hydroxyl groups is 1. The molecule has 0 unspecified atom stereocenters. The zero-order valence-corrected chi connectivity index (χ0v) is 13.3. The van der Waals surface area contributed by atoms with Gasteiger partial charge in [0.25, 0.3) is 0 Å². The highest BCUT2D eigenvalue weighted by atomic mass is 32.2. The second kappa shape index (κ2) is 8.15. The van der Waals surface area contributed by atoms with Crippen molar-refractivity contribution in [2.24, 2.45) is 5.73 Å². The maximum Gasteiger partial charge on any atom is 0.244 e. The van der Waals surface area contributed by atoms with Crippen molar-refractivity contribution in [2.75, 3.05) is 26.2 Å². The van der Waals surface area contributed by atoms with Crippen molar-refractivity contribution in [2.45, 2.75) is 25.2 Å². The average molecular weight is 310 g/mol. The summed E-state index contributed by atoms with van der Waals surface area (Å²) in [6.07, 6.45) is 0.675. The van der Waals surface area contributed by atoms with Gasteiger partial charge in [-0.1, -0.05) is 24.8 Å². The molecule has 0 bridgehead atoms. The summed E-state index contributed by atoms with van der Waals surface area (Å²) in [5, 5.41) is 9.08. The third kappa shape index (κ3) is 4.55. The fourth-order valence-electron chi connectivity index (χ4n) is 1.96. The lowest BCUT2D eigenvalue weighted by Crippen LogP contribution is -2.34. The zero-order valence-electron chi connectivity index (χ0n) is 12.5. The lowest BCUT2D eigenvalue weighted by Gasteiger charge is -2.21. The molecule has 0 aromatic heterocycles. The molecule has 0 atom stereocenters. The van der Waals surface area contributed by atoms with E-state index in [-0.39, 0.29) is 24.6 Å². The summed E-state index contributed by atoms with van der Waals surface area (Å²) in [4.78, 5) is 0.163. The molecular weight excluding hydrogens is 288 g/mol. The molecule has 0 aliphatic rings. The molecule has 116 valence electrons. The predicted octanol–water partition coefficient (Wildman–Crippen LogP) is 0.698. The van der Waals surface area contributed by atoms with E-state index in [0.717, 1.165) is 5.56 Å². The first-order chi connectivity index (χ1) is 9.97. The van der Waals surface area contributed by atoms with E-state index in [9.17, 15) is 8.42 Å². The average Bonchev–Trinajstić information content (AvgIpc) is 2.44. The van der Waals surface area contributed by atoms with Gasteiger partial charge in [0, 0.05) is 18.7 Å². The molecule has 3 N–H and O–H groups in total. The Labute approximate surface area is 126 Å². The van der Waals surface area contributed by atoms with E-state index in [2.05, 4.69) is 11.8 Å². The van der Waals surface area contributed by atoms with Crippen LogP contribution in [0.5, 0.6) is 0 Å². The minimum atomic E-state index is -3.67. The Balaban J connectivity index is 3.35. The van der Waals surface area contributed by atoms with Gasteiger partial charge in [0.2, 0.25) is 10.0 Å². The Morgan fingerprint density at radius 2 is 2.05 bits per heavy atom. The molecule has 1 aromatic carbocycles. The Morgan fingerprint density at radius 1 is 1.33 bits per heavy atom. The lowest BCUT2D eigenvalue weighted by molar-refractivity contribution is 0.253. The SMILES string of the molecule is CCCN(CCO)S(=O)(=O)c1ccc(C)cc1C#CCN. The molecule has 0 aliphatic carbocycles. The lowest BCUT2D eigenvalue weighted by atomic mass is 10.1. The van der Waals surface area contributed by atoms with E-state index in [0.29, 0.717) is 18.5 Å². The number of sulfonamides is 1. The van der Waals surface area contributed by atoms with E-state index < -0.39 is 10.0 Å². The van der Waals surface area contributed by atoms with Crippen molar-refractivity contribution < 1.29 is 13.5 Å². The highest BCUT2D eigenvalue weighted by Crippen LogP contribution is 2.21. The number of nitrogens with zero attached hydrogens (tertiary/aromatic N) is 1. The summed E-state index contributed by atoms with van der Waals surface area (Å²) >= 11 is 0. The van der Waals surface area contributed by atoms with Crippen LogP contribution in [0.15, 0.2) is 23.1 Å². The van der Waals surface area contributed by atoms with Gasteiger partial charge in [-0.25, -0.2) is 8.42 Å². The summed E-state index contributed by atoms with van der Waals surface area (Å²) in [6.45, 7) is 4.16. The largest absolute Gasteiger partial charge is 0.395 e. The van der Waals surface area contributed by atoms with Crippen LogP contribution in [0.3, 0.4) is 0 Å². The smallest absolute Gasteiger partial charge is 0.244 e. The van der Waals surface area contributed by atoms with Crippen molar-refractivity contribution in [3.63, 3.8) is 0 Å². The highest BCUT2D eigenvalue weighted by Gasteiger charge is 2.25. The van der Waals surface area contributed by atoms with E-state index in [1.807, 2.05) is 13.8 Å². The molecule has 1 aromatic rings. The summed E-state index contributed by atoms with van der Waals surface area (Å²) in [5.74, 6) is 5.51. The van der Waals surface area contributed by atoms with Crippen LogP contribution in [0.4, 0.5) is 0 Å². The number of aliphatic hydroxyl groups excluding tert-OH is 1. The van der Waals surface area contributed by atoms with Gasteiger partial charge in [-0.05, 0) is 31.0 Å². The summed E-state index contributed by atoms with van der Waals surface area (Å²) < 4.78 is 26.7. The van der Waals surface area contributed by atoms with Crippen molar-refractivity contribution in [3.05, 3.63) is 29.3 Å². The molecule has 0 radical (unpaired) electrons. The van der Waals surface area contributed by atoms with Crippen LogP contribution < -0.4 is 5.73 Å². The number of benzene rings is 1. The maximum atomic E-state index is 12.7. The molecule has 0 fully saturated rings. The van der Waals surface area contributed by atoms with E-state index >= 15 is 0 Å². The van der Waals surface area contributed by atoms with Gasteiger partial charge in [-0.2, -0.15) is 4.31 Å². The standard InChI is InChI=1S/C15H22N2O3S/c1-3-9-17(10-11-18)21(19,20)15-7-6-13(2)12-14(15)5-4-8-16/h6-7,12,18H,3,8-11,16H2,1-2H3. The fraction of sp³-hybridized carbons (Fsp3) is 0.467. The van der Waals surface area contributed by atoms with Gasteiger partial charge >= 0.3 is 0 Å². The number of hydrogen-bond donors (Lipinski definition) is 2. The molecule has 1 rings (SSSR count). The molecule has 21 heavy (non-hydrogen) atoms. The summed E-state index contributed by atoms with van der Waals surface area (Å²) in [7, 11) is -3.67. The topological polar surface area (TPSA) is 83.6 Å². The van der Waals surface area contributed by atoms with Crippen molar-refractivity contribution in [3.8, 4) is 11.8 Å². The van der Waals surface area contributed by atoms with Gasteiger partial charge in [-0.3, -0.25) is 0 Å². The summed E-state index contributed by atoms with van der Waals surface area (Å²) in [6, 6.07) is 5.04. The third-order valence-electron chi connectivity index (χ3n) is 2.90. The molecule has 0 saturated heterocycles. The normalized spacial score (nSPS) is 11.3. The summed E-state index contributed by atoms with van der Waals surface area (Å²) in [5.41, 5.74) is 6.74. The van der Waals surface area contributed by atoms with Gasteiger partial charge in [0.15, 0.2) is 0 Å². The first-order valence-electron chi connectivity index (χ1n) is 6.88. The van der Waals surface area contributed by atoms with Gasteiger partial charge in [0.1, 0.15) is 0 Å². The quantitative estimate of drug-likeness (QED) is 0.758. The van der Waals surface area contributed by atoms with E-state index in [1.165, 1.54) is 4.31 Å². The molecule has 6 heteroatoms. The maximum absolute atomic E-state index is 12.7. The van der Waals surface area contributed by atoms with Crippen LogP contribution in [0, 0.1) is 18.8 Å². The van der Waals surface area contributed by atoms with Crippen molar-refractivity contribution in [1.29, 1.82) is 0 Å². The minimum absolute atomic E-state index is 0.0772. The Bertz CT molecular complexity index is 624. The van der Waals surface area contributed by atoms with Crippen LogP contribution in [0.2, 0.25) is 0 Å². The van der Waals surface area contributed by atoms with Crippen LogP contribution in [-0.2, 0) is 10.0 Å². The molecule has 0 spiro atoms. The van der Waals surface area contributed by atoms with Gasteiger partial charge in [0.05, 0.1) is 18.0 Å². The number of aryl methyl sites for hydroxylation is 1. The molecule has 0 amide bonds. The first-order valence-corrected chi connectivity index (χ1v) is 8.32. The number of hydrogen-bond acceptors (Lipinski definition) is 4. The van der Waals surface area contributed by atoms with E-state index in [1.54, 1.807) is 18.2 Å². The second-order valence-electron chi connectivity index (χ2n) is 4.63. The Morgan fingerprint density at radius 3 is 2.62 bits per heavy atom. The third-order valence-corrected chi connectivity index (χ3v) is 4.86.